The summed E-state index contributed by atoms with van der Waals surface area (Å²) in [6.45, 7) is 0. The van der Waals surface area contributed by atoms with Gasteiger partial charge >= 0.3 is 0 Å². The number of benzene rings is 1. The standard InChI is InChI=1S/C14H12F5N/c15-8-9(16)11(18)14(12(19)10(8)17)20-13-6-4-1-2-5(3-4)7(6)13/h4-7,13,20H,1-3H2. The van der Waals surface area contributed by atoms with Gasteiger partial charge in [0.25, 0.3) is 0 Å². The van der Waals surface area contributed by atoms with Crippen molar-refractivity contribution in [2.24, 2.45) is 23.7 Å². The van der Waals surface area contributed by atoms with Gasteiger partial charge in [0.1, 0.15) is 5.69 Å². The predicted molar refractivity (Wildman–Crippen MR) is 61.5 cm³/mol. The zero-order chi connectivity index (χ0) is 14.2. The highest BCUT2D eigenvalue weighted by Gasteiger charge is 2.65. The Morgan fingerprint density at radius 3 is 1.65 bits per heavy atom. The van der Waals surface area contributed by atoms with E-state index in [1.165, 1.54) is 0 Å². The van der Waals surface area contributed by atoms with E-state index in [2.05, 4.69) is 5.32 Å². The van der Waals surface area contributed by atoms with E-state index in [1.54, 1.807) is 0 Å². The van der Waals surface area contributed by atoms with E-state index in [0.717, 1.165) is 19.3 Å². The molecule has 1 N–H and O–H groups in total. The van der Waals surface area contributed by atoms with Gasteiger partial charge in [-0.3, -0.25) is 0 Å². The van der Waals surface area contributed by atoms with Gasteiger partial charge in [0.15, 0.2) is 23.3 Å². The van der Waals surface area contributed by atoms with E-state index >= 15 is 0 Å². The summed E-state index contributed by atoms with van der Waals surface area (Å²) in [6, 6.07) is -0.144. The second-order valence-electron chi connectivity index (χ2n) is 6.10. The molecule has 108 valence electrons. The molecule has 6 heteroatoms. The van der Waals surface area contributed by atoms with Crippen LogP contribution in [0.1, 0.15) is 19.3 Å². The average molecular weight is 289 g/mol. The fourth-order valence-corrected chi connectivity index (χ4v) is 4.42. The van der Waals surface area contributed by atoms with Crippen molar-refractivity contribution in [1.82, 2.24) is 0 Å². The summed E-state index contributed by atoms with van der Waals surface area (Å²) < 4.78 is 66.4. The number of hydrogen-bond donors (Lipinski definition) is 1. The van der Waals surface area contributed by atoms with Gasteiger partial charge in [-0.15, -0.1) is 0 Å². The van der Waals surface area contributed by atoms with Gasteiger partial charge < -0.3 is 5.32 Å². The molecule has 3 fully saturated rings. The molecule has 3 aliphatic carbocycles. The van der Waals surface area contributed by atoms with Gasteiger partial charge in [0.05, 0.1) is 0 Å². The Bertz CT molecular complexity index is 557. The first-order valence-corrected chi connectivity index (χ1v) is 6.78. The fraction of sp³-hybridized carbons (Fsp3) is 0.571. The zero-order valence-electron chi connectivity index (χ0n) is 10.4. The van der Waals surface area contributed by atoms with Crippen LogP contribution in [-0.2, 0) is 0 Å². The summed E-state index contributed by atoms with van der Waals surface area (Å²) >= 11 is 0. The molecule has 1 aromatic rings. The zero-order valence-corrected chi connectivity index (χ0v) is 10.4. The summed E-state index contributed by atoms with van der Waals surface area (Å²) in [5.74, 6) is -7.65. The highest BCUT2D eigenvalue weighted by molar-refractivity contribution is 5.50. The molecule has 0 heterocycles. The first kappa shape index (κ1) is 12.4. The molecule has 3 aliphatic rings. The quantitative estimate of drug-likeness (QED) is 0.495. The number of halogens is 5. The molecule has 4 atom stereocenters. The Balaban J connectivity index is 1.65. The van der Waals surface area contributed by atoms with Crippen LogP contribution < -0.4 is 5.32 Å². The van der Waals surface area contributed by atoms with Gasteiger partial charge in [0, 0.05) is 6.04 Å². The van der Waals surface area contributed by atoms with E-state index in [1.807, 2.05) is 0 Å². The maximum atomic E-state index is 13.6. The summed E-state index contributed by atoms with van der Waals surface area (Å²) in [4.78, 5) is 0. The molecule has 0 radical (unpaired) electrons. The van der Waals surface area contributed by atoms with E-state index < -0.39 is 34.8 Å². The minimum atomic E-state index is -2.11. The number of rotatable bonds is 2. The molecule has 0 spiro atoms. The van der Waals surface area contributed by atoms with Crippen molar-refractivity contribution in [3.63, 3.8) is 0 Å². The molecule has 0 amide bonds. The minimum Gasteiger partial charge on any atom is -0.377 e. The van der Waals surface area contributed by atoms with Gasteiger partial charge in [-0.2, -0.15) is 0 Å². The molecule has 20 heavy (non-hydrogen) atoms. The van der Waals surface area contributed by atoms with E-state index in [9.17, 15) is 22.0 Å². The molecule has 1 nitrogen and oxygen atoms in total. The first-order valence-electron chi connectivity index (χ1n) is 6.78. The Morgan fingerprint density at radius 1 is 0.700 bits per heavy atom. The number of hydrogen-bond acceptors (Lipinski definition) is 1. The SMILES string of the molecule is Fc1c(F)c(F)c(NC2C3C4CCC(C4)C23)c(F)c1F. The number of nitrogens with one attached hydrogen (secondary N) is 1. The largest absolute Gasteiger partial charge is 0.377 e. The molecule has 0 aliphatic heterocycles. The molecule has 4 rings (SSSR count). The maximum absolute atomic E-state index is 13.6. The molecule has 3 saturated carbocycles. The third kappa shape index (κ3) is 1.42. The monoisotopic (exact) mass is 289 g/mol. The van der Waals surface area contributed by atoms with Crippen molar-refractivity contribution in [1.29, 1.82) is 0 Å². The van der Waals surface area contributed by atoms with Crippen LogP contribution in [0.5, 0.6) is 0 Å². The Labute approximate surface area is 112 Å². The summed E-state index contributed by atoms with van der Waals surface area (Å²) in [7, 11) is 0. The third-order valence-electron chi connectivity index (χ3n) is 5.26. The van der Waals surface area contributed by atoms with Crippen molar-refractivity contribution in [3.8, 4) is 0 Å². The van der Waals surface area contributed by atoms with Crippen LogP contribution in [0.3, 0.4) is 0 Å². The lowest BCUT2D eigenvalue weighted by atomic mass is 10.0. The number of anilines is 1. The summed E-state index contributed by atoms with van der Waals surface area (Å²) in [5, 5.41) is 2.57. The van der Waals surface area contributed by atoms with Crippen molar-refractivity contribution in [2.75, 3.05) is 5.32 Å². The third-order valence-corrected chi connectivity index (χ3v) is 5.26. The van der Waals surface area contributed by atoms with Crippen LogP contribution >= 0.6 is 0 Å². The smallest absolute Gasteiger partial charge is 0.200 e. The van der Waals surface area contributed by atoms with Crippen molar-refractivity contribution in [3.05, 3.63) is 29.1 Å². The van der Waals surface area contributed by atoms with Crippen molar-refractivity contribution < 1.29 is 22.0 Å². The van der Waals surface area contributed by atoms with Gasteiger partial charge in [-0.1, -0.05) is 0 Å². The molecule has 2 bridgehead atoms. The lowest BCUT2D eigenvalue weighted by molar-refractivity contribution is 0.380. The van der Waals surface area contributed by atoms with Crippen LogP contribution in [0.25, 0.3) is 0 Å². The van der Waals surface area contributed by atoms with Crippen LogP contribution in [0, 0.1) is 52.8 Å². The van der Waals surface area contributed by atoms with E-state index in [-0.39, 0.29) is 6.04 Å². The highest BCUT2D eigenvalue weighted by atomic mass is 19.2. The van der Waals surface area contributed by atoms with Gasteiger partial charge in [-0.05, 0) is 42.9 Å². The second-order valence-corrected chi connectivity index (χ2v) is 6.10. The minimum absolute atomic E-state index is 0.144. The fourth-order valence-electron chi connectivity index (χ4n) is 4.42. The average Bonchev–Trinajstić information content (AvgIpc) is 2.83. The van der Waals surface area contributed by atoms with E-state index in [0.29, 0.717) is 23.7 Å². The Morgan fingerprint density at radius 2 is 1.15 bits per heavy atom. The molecular weight excluding hydrogens is 277 g/mol. The lowest BCUT2D eigenvalue weighted by Gasteiger charge is -2.14. The topological polar surface area (TPSA) is 12.0 Å². The van der Waals surface area contributed by atoms with Crippen LogP contribution in [-0.4, -0.2) is 6.04 Å². The van der Waals surface area contributed by atoms with Crippen LogP contribution in [0.15, 0.2) is 0 Å². The molecule has 0 aromatic heterocycles. The summed E-state index contributed by atoms with van der Waals surface area (Å²) in [6.07, 6.45) is 3.37. The highest BCUT2D eigenvalue weighted by Crippen LogP contribution is 2.66. The van der Waals surface area contributed by atoms with Crippen molar-refractivity contribution >= 4 is 5.69 Å². The Hall–Kier alpha value is -1.33. The normalized spacial score (nSPS) is 37.1. The van der Waals surface area contributed by atoms with Crippen LogP contribution in [0.2, 0.25) is 0 Å². The maximum Gasteiger partial charge on any atom is 0.200 e. The van der Waals surface area contributed by atoms with Gasteiger partial charge in [0.2, 0.25) is 5.82 Å². The van der Waals surface area contributed by atoms with Crippen LogP contribution in [0.4, 0.5) is 27.6 Å². The number of fused-ring (bicyclic) bond motifs is 5. The second kappa shape index (κ2) is 3.86. The lowest BCUT2D eigenvalue weighted by Crippen LogP contribution is -2.17. The predicted octanol–water partition coefficient (Wildman–Crippen LogP) is 3.84. The van der Waals surface area contributed by atoms with E-state index in [4.69, 9.17) is 0 Å². The first-order chi connectivity index (χ1) is 9.50. The van der Waals surface area contributed by atoms with Crippen molar-refractivity contribution in [2.45, 2.75) is 25.3 Å². The Kier molecular flexibility index (Phi) is 2.40. The molecular formula is C14H12F5N. The molecule has 0 saturated heterocycles. The van der Waals surface area contributed by atoms with Gasteiger partial charge in [-0.25, -0.2) is 22.0 Å². The molecule has 1 aromatic carbocycles. The molecule has 4 unspecified atom stereocenters. The summed E-state index contributed by atoms with van der Waals surface area (Å²) in [5.41, 5.74) is -0.875.